The first-order chi connectivity index (χ1) is 10.8. The van der Waals surface area contributed by atoms with Crippen LogP contribution in [0.3, 0.4) is 0 Å². The van der Waals surface area contributed by atoms with Crippen LogP contribution in [0.25, 0.3) is 0 Å². The third-order valence-electron chi connectivity index (χ3n) is 3.66. The monoisotopic (exact) mass is 335 g/mol. The highest BCUT2D eigenvalue weighted by atomic mass is 32.2. The molecule has 1 heterocycles. The number of carbonyl (C=O) groups excluding carboxylic acids is 1. The van der Waals surface area contributed by atoms with Gasteiger partial charge in [-0.2, -0.15) is 5.10 Å². The fraction of sp³-hybridized carbons (Fsp3) is 0.375. The number of sulfone groups is 1. The lowest BCUT2D eigenvalue weighted by molar-refractivity contribution is -0.129. The Kier molecular flexibility index (Phi) is 5.20. The molecule has 1 atom stereocenters. The number of amides is 1. The molecule has 1 aromatic carbocycles. The Morgan fingerprint density at radius 2 is 1.91 bits per heavy atom. The maximum absolute atomic E-state index is 12.1. The number of rotatable bonds is 6. The van der Waals surface area contributed by atoms with Crippen molar-refractivity contribution in [3.8, 4) is 0 Å². The van der Waals surface area contributed by atoms with Crippen LogP contribution in [-0.2, 0) is 27.7 Å². The minimum absolute atomic E-state index is 0.327. The van der Waals surface area contributed by atoms with E-state index in [0.717, 1.165) is 17.4 Å². The molecule has 1 aromatic heterocycles. The SMILES string of the molecule is C[C@H](C(=O)N(C)Cc1cnn(Cc2ccccc2)c1)S(C)(=O)=O. The summed E-state index contributed by atoms with van der Waals surface area (Å²) in [6, 6.07) is 9.94. The van der Waals surface area contributed by atoms with Crippen molar-refractivity contribution in [3.05, 3.63) is 53.9 Å². The maximum atomic E-state index is 12.1. The van der Waals surface area contributed by atoms with Gasteiger partial charge in [-0.3, -0.25) is 9.48 Å². The fourth-order valence-corrected chi connectivity index (χ4v) is 2.74. The second-order valence-electron chi connectivity index (χ2n) is 5.70. The predicted octanol–water partition coefficient (Wildman–Crippen LogP) is 1.32. The minimum Gasteiger partial charge on any atom is -0.340 e. The molecule has 2 rings (SSSR count). The van der Waals surface area contributed by atoms with Gasteiger partial charge in [0.05, 0.1) is 12.7 Å². The average Bonchev–Trinajstić information content (AvgIpc) is 2.92. The van der Waals surface area contributed by atoms with Crippen molar-refractivity contribution in [2.45, 2.75) is 25.3 Å². The molecule has 0 radical (unpaired) electrons. The Morgan fingerprint density at radius 3 is 2.52 bits per heavy atom. The Morgan fingerprint density at radius 1 is 1.26 bits per heavy atom. The van der Waals surface area contributed by atoms with Crippen LogP contribution in [0.4, 0.5) is 0 Å². The lowest BCUT2D eigenvalue weighted by Crippen LogP contribution is -2.38. The summed E-state index contributed by atoms with van der Waals surface area (Å²) in [7, 11) is -1.79. The lowest BCUT2D eigenvalue weighted by Gasteiger charge is -2.19. The highest BCUT2D eigenvalue weighted by Crippen LogP contribution is 2.09. The van der Waals surface area contributed by atoms with Crippen molar-refractivity contribution < 1.29 is 13.2 Å². The maximum Gasteiger partial charge on any atom is 0.240 e. The van der Waals surface area contributed by atoms with E-state index in [9.17, 15) is 13.2 Å². The van der Waals surface area contributed by atoms with Gasteiger partial charge in [-0.1, -0.05) is 30.3 Å². The molecular formula is C16H21N3O3S. The third-order valence-corrected chi connectivity index (χ3v) is 5.15. The second-order valence-corrected chi connectivity index (χ2v) is 8.06. The molecule has 0 aliphatic heterocycles. The van der Waals surface area contributed by atoms with Gasteiger partial charge in [-0.15, -0.1) is 0 Å². The smallest absolute Gasteiger partial charge is 0.240 e. The number of carbonyl (C=O) groups is 1. The molecule has 0 saturated heterocycles. The van der Waals surface area contributed by atoms with Crippen LogP contribution in [0, 0.1) is 0 Å². The van der Waals surface area contributed by atoms with Gasteiger partial charge in [-0.05, 0) is 12.5 Å². The number of hydrogen-bond donors (Lipinski definition) is 0. The van der Waals surface area contributed by atoms with Crippen LogP contribution in [-0.4, -0.2) is 47.6 Å². The molecule has 0 N–H and O–H groups in total. The van der Waals surface area contributed by atoms with Crippen molar-refractivity contribution in [3.63, 3.8) is 0 Å². The second kappa shape index (κ2) is 6.95. The molecule has 0 spiro atoms. The van der Waals surface area contributed by atoms with Gasteiger partial charge in [-0.25, -0.2) is 8.42 Å². The van der Waals surface area contributed by atoms with E-state index in [1.54, 1.807) is 17.9 Å². The number of aromatic nitrogens is 2. The molecule has 0 aliphatic carbocycles. The first kappa shape index (κ1) is 17.2. The average molecular weight is 335 g/mol. The van der Waals surface area contributed by atoms with Crippen molar-refractivity contribution in [1.82, 2.24) is 14.7 Å². The molecule has 7 heteroatoms. The quantitative estimate of drug-likeness (QED) is 0.798. The zero-order chi connectivity index (χ0) is 17.0. The van der Waals surface area contributed by atoms with Gasteiger partial charge in [0.1, 0.15) is 5.25 Å². The van der Waals surface area contributed by atoms with E-state index in [1.165, 1.54) is 11.8 Å². The molecule has 23 heavy (non-hydrogen) atoms. The molecule has 0 bridgehead atoms. The standard InChI is InChI=1S/C16H21N3O3S/c1-13(23(3,21)22)16(20)18(2)10-15-9-17-19(12-15)11-14-7-5-4-6-8-14/h4-9,12-13H,10-11H2,1-3H3/t13-/m1/s1. The highest BCUT2D eigenvalue weighted by Gasteiger charge is 2.26. The van der Waals surface area contributed by atoms with Gasteiger partial charge < -0.3 is 4.90 Å². The molecule has 2 aromatic rings. The van der Waals surface area contributed by atoms with E-state index in [1.807, 2.05) is 36.5 Å². The fourth-order valence-electron chi connectivity index (χ4n) is 2.19. The molecule has 124 valence electrons. The summed E-state index contributed by atoms with van der Waals surface area (Å²) >= 11 is 0. The number of benzene rings is 1. The van der Waals surface area contributed by atoms with Gasteiger partial charge >= 0.3 is 0 Å². The molecule has 1 amide bonds. The molecular weight excluding hydrogens is 314 g/mol. The van der Waals surface area contributed by atoms with E-state index >= 15 is 0 Å². The zero-order valence-corrected chi connectivity index (χ0v) is 14.3. The molecule has 0 unspecified atom stereocenters. The zero-order valence-electron chi connectivity index (χ0n) is 13.5. The van der Waals surface area contributed by atoms with E-state index in [0.29, 0.717) is 13.1 Å². The van der Waals surface area contributed by atoms with Crippen molar-refractivity contribution in [2.75, 3.05) is 13.3 Å². The van der Waals surface area contributed by atoms with E-state index < -0.39 is 21.0 Å². The van der Waals surface area contributed by atoms with E-state index in [4.69, 9.17) is 0 Å². The summed E-state index contributed by atoms with van der Waals surface area (Å²) in [5, 5.41) is 3.24. The first-order valence-electron chi connectivity index (χ1n) is 7.26. The van der Waals surface area contributed by atoms with Crippen molar-refractivity contribution in [2.24, 2.45) is 0 Å². The lowest BCUT2D eigenvalue weighted by atomic mass is 10.2. The highest BCUT2D eigenvalue weighted by molar-refractivity contribution is 7.92. The summed E-state index contributed by atoms with van der Waals surface area (Å²) in [6.45, 7) is 2.39. The summed E-state index contributed by atoms with van der Waals surface area (Å²) in [5.74, 6) is -0.414. The molecule has 6 nitrogen and oxygen atoms in total. The predicted molar refractivity (Wildman–Crippen MR) is 88.6 cm³/mol. The summed E-state index contributed by atoms with van der Waals surface area (Å²) in [5.41, 5.74) is 2.00. The van der Waals surface area contributed by atoms with Gasteiger partial charge in [0, 0.05) is 31.6 Å². The van der Waals surface area contributed by atoms with Crippen LogP contribution in [0.15, 0.2) is 42.7 Å². The van der Waals surface area contributed by atoms with Gasteiger partial charge in [0.15, 0.2) is 9.84 Å². The third kappa shape index (κ3) is 4.66. The number of nitrogens with zero attached hydrogens (tertiary/aromatic N) is 3. The Bertz CT molecular complexity index is 769. The van der Waals surface area contributed by atoms with Crippen LogP contribution in [0.2, 0.25) is 0 Å². The van der Waals surface area contributed by atoms with Crippen molar-refractivity contribution >= 4 is 15.7 Å². The van der Waals surface area contributed by atoms with Gasteiger partial charge in [0.25, 0.3) is 0 Å². The van der Waals surface area contributed by atoms with E-state index in [-0.39, 0.29) is 0 Å². The summed E-state index contributed by atoms with van der Waals surface area (Å²) in [4.78, 5) is 13.5. The van der Waals surface area contributed by atoms with Crippen LogP contribution in [0.5, 0.6) is 0 Å². The largest absolute Gasteiger partial charge is 0.340 e. The molecule has 0 fully saturated rings. The topological polar surface area (TPSA) is 72.3 Å². The first-order valence-corrected chi connectivity index (χ1v) is 9.22. The minimum atomic E-state index is -3.39. The summed E-state index contributed by atoms with van der Waals surface area (Å²) in [6.07, 6.45) is 4.63. The Hall–Kier alpha value is -2.15. The summed E-state index contributed by atoms with van der Waals surface area (Å²) < 4.78 is 24.7. The number of hydrogen-bond acceptors (Lipinski definition) is 4. The molecule has 0 saturated carbocycles. The Balaban J connectivity index is 2.00. The van der Waals surface area contributed by atoms with Crippen molar-refractivity contribution in [1.29, 1.82) is 0 Å². The normalized spacial score (nSPS) is 12.8. The van der Waals surface area contributed by atoms with Crippen LogP contribution in [0.1, 0.15) is 18.1 Å². The van der Waals surface area contributed by atoms with Gasteiger partial charge in [0.2, 0.25) is 5.91 Å². The molecule has 0 aliphatic rings. The van der Waals surface area contributed by atoms with E-state index in [2.05, 4.69) is 5.10 Å². The van der Waals surface area contributed by atoms with Crippen LogP contribution >= 0.6 is 0 Å². The Labute approximate surface area is 136 Å². The van der Waals surface area contributed by atoms with Crippen LogP contribution < -0.4 is 0 Å².